The number of piperidine rings is 1. The number of aliphatic hydroxyl groups is 1. The smallest absolute Gasteiger partial charge is 0.241 e. The highest BCUT2D eigenvalue weighted by atomic mass is 16.5. The van der Waals surface area contributed by atoms with Crippen molar-refractivity contribution in [2.24, 2.45) is 5.92 Å². The molecule has 0 spiro atoms. The molecule has 0 aliphatic carbocycles. The summed E-state index contributed by atoms with van der Waals surface area (Å²) in [4.78, 5) is 15.4. The van der Waals surface area contributed by atoms with Crippen molar-refractivity contribution < 1.29 is 9.63 Å². The first kappa shape index (κ1) is 17.8. The second kappa shape index (κ2) is 7.94. The Labute approximate surface area is 158 Å². The molecule has 1 fully saturated rings. The van der Waals surface area contributed by atoms with Crippen LogP contribution in [0.1, 0.15) is 24.6 Å². The van der Waals surface area contributed by atoms with Gasteiger partial charge in [-0.25, -0.2) is 9.97 Å². The molecule has 140 valence electrons. The van der Waals surface area contributed by atoms with Gasteiger partial charge in [0.05, 0.1) is 12.2 Å². The monoisotopic (exact) mass is 365 g/mol. The highest BCUT2D eigenvalue weighted by Gasteiger charge is 2.21. The van der Waals surface area contributed by atoms with Gasteiger partial charge in [0.2, 0.25) is 11.7 Å². The predicted octanol–water partition coefficient (Wildman–Crippen LogP) is 2.71. The van der Waals surface area contributed by atoms with Crippen LogP contribution in [0.25, 0.3) is 22.6 Å². The number of likely N-dealkylation sites (tertiary alicyclic amines) is 1. The molecule has 1 aliphatic heterocycles. The van der Waals surface area contributed by atoms with Crippen molar-refractivity contribution >= 4 is 0 Å². The van der Waals surface area contributed by atoms with Crippen molar-refractivity contribution in [2.75, 3.05) is 19.7 Å². The molecule has 3 heterocycles. The van der Waals surface area contributed by atoms with Gasteiger partial charge in [0.15, 0.2) is 0 Å². The highest BCUT2D eigenvalue weighted by molar-refractivity contribution is 5.67. The normalized spacial score (nSPS) is 17.9. The molecular weight excluding hydrogens is 342 g/mol. The molecule has 1 aromatic carbocycles. The van der Waals surface area contributed by atoms with Crippen molar-refractivity contribution in [1.82, 2.24) is 25.0 Å². The summed E-state index contributed by atoms with van der Waals surface area (Å²) in [5, 5.41) is 13.5. The predicted molar refractivity (Wildman–Crippen MR) is 101 cm³/mol. The number of aliphatic hydroxyl groups excluding tert-OH is 1. The average molecular weight is 365 g/mol. The standard InChI is InChI=1S/C20H23N5O2/c1-14-21-8-7-18(22-14)16-5-2-6-17(10-16)20-23-19(27-24-20)12-25-9-3-4-15(11-25)13-26/h2,5-8,10,15,26H,3-4,9,11-13H2,1H3. The molecule has 0 bridgehead atoms. The molecule has 2 aromatic heterocycles. The molecule has 27 heavy (non-hydrogen) atoms. The van der Waals surface area contributed by atoms with Gasteiger partial charge in [0.1, 0.15) is 5.82 Å². The summed E-state index contributed by atoms with van der Waals surface area (Å²) in [6.45, 7) is 4.60. The highest BCUT2D eigenvalue weighted by Crippen LogP contribution is 2.24. The molecule has 0 saturated carbocycles. The minimum Gasteiger partial charge on any atom is -0.396 e. The first-order chi connectivity index (χ1) is 13.2. The van der Waals surface area contributed by atoms with Crippen LogP contribution in [0.2, 0.25) is 0 Å². The largest absolute Gasteiger partial charge is 0.396 e. The number of aromatic nitrogens is 4. The average Bonchev–Trinajstić information content (AvgIpc) is 3.17. The number of hydrogen-bond donors (Lipinski definition) is 1. The zero-order valence-corrected chi connectivity index (χ0v) is 15.4. The Hall–Kier alpha value is -2.64. The second-order valence-electron chi connectivity index (χ2n) is 7.01. The minimum atomic E-state index is 0.237. The van der Waals surface area contributed by atoms with Crippen LogP contribution >= 0.6 is 0 Å². The van der Waals surface area contributed by atoms with E-state index < -0.39 is 0 Å². The number of benzene rings is 1. The molecule has 1 aliphatic rings. The van der Waals surface area contributed by atoms with E-state index in [9.17, 15) is 5.11 Å². The molecule has 0 radical (unpaired) electrons. The fraction of sp³-hybridized carbons (Fsp3) is 0.400. The molecule has 7 nitrogen and oxygen atoms in total. The molecule has 4 rings (SSSR count). The SMILES string of the molecule is Cc1nccc(-c2cccc(-c3noc(CN4CCCC(CO)C4)n3)c2)n1. The van der Waals surface area contributed by atoms with Crippen molar-refractivity contribution in [3.8, 4) is 22.6 Å². The number of aryl methyl sites for hydroxylation is 1. The quantitative estimate of drug-likeness (QED) is 0.743. The van der Waals surface area contributed by atoms with Crippen molar-refractivity contribution in [3.05, 3.63) is 48.2 Å². The van der Waals surface area contributed by atoms with Crippen molar-refractivity contribution in [2.45, 2.75) is 26.3 Å². The Kier molecular flexibility index (Phi) is 5.22. The first-order valence-corrected chi connectivity index (χ1v) is 9.27. The van der Waals surface area contributed by atoms with Gasteiger partial charge in [-0.15, -0.1) is 0 Å². The van der Waals surface area contributed by atoms with Crippen LogP contribution in [0.15, 0.2) is 41.1 Å². The lowest BCUT2D eigenvalue weighted by Gasteiger charge is -2.30. The Morgan fingerprint density at radius 2 is 2.11 bits per heavy atom. The van der Waals surface area contributed by atoms with Gasteiger partial charge in [-0.05, 0) is 44.4 Å². The zero-order chi connectivity index (χ0) is 18.6. The van der Waals surface area contributed by atoms with Gasteiger partial charge in [0, 0.05) is 30.5 Å². The summed E-state index contributed by atoms with van der Waals surface area (Å²) < 4.78 is 5.46. The van der Waals surface area contributed by atoms with E-state index in [0.717, 1.165) is 48.6 Å². The van der Waals surface area contributed by atoms with Crippen LogP contribution in [-0.4, -0.2) is 49.8 Å². The van der Waals surface area contributed by atoms with E-state index in [1.54, 1.807) is 6.20 Å². The molecular formula is C20H23N5O2. The summed E-state index contributed by atoms with van der Waals surface area (Å²) in [6.07, 6.45) is 3.93. The topological polar surface area (TPSA) is 88.2 Å². The Balaban J connectivity index is 1.51. The van der Waals surface area contributed by atoms with Gasteiger partial charge in [-0.3, -0.25) is 4.90 Å². The summed E-state index contributed by atoms with van der Waals surface area (Å²) in [7, 11) is 0. The van der Waals surface area contributed by atoms with E-state index in [1.807, 2.05) is 37.3 Å². The van der Waals surface area contributed by atoms with Crippen LogP contribution in [0.3, 0.4) is 0 Å². The maximum Gasteiger partial charge on any atom is 0.241 e. The van der Waals surface area contributed by atoms with Crippen LogP contribution < -0.4 is 0 Å². The summed E-state index contributed by atoms with van der Waals surface area (Å²) in [6, 6.07) is 9.85. The lowest BCUT2D eigenvalue weighted by molar-refractivity contribution is 0.107. The number of rotatable bonds is 5. The molecule has 1 atom stereocenters. The molecule has 7 heteroatoms. The molecule has 3 aromatic rings. The third-order valence-corrected chi connectivity index (χ3v) is 4.88. The van der Waals surface area contributed by atoms with Gasteiger partial charge < -0.3 is 9.63 Å². The molecule has 1 unspecified atom stereocenters. The Bertz CT molecular complexity index is 911. The van der Waals surface area contributed by atoms with Gasteiger partial charge in [0.25, 0.3) is 0 Å². The van der Waals surface area contributed by atoms with E-state index in [2.05, 4.69) is 25.0 Å². The number of hydrogen-bond acceptors (Lipinski definition) is 7. The van der Waals surface area contributed by atoms with Gasteiger partial charge >= 0.3 is 0 Å². The first-order valence-electron chi connectivity index (χ1n) is 9.27. The maximum atomic E-state index is 9.38. The van der Waals surface area contributed by atoms with Gasteiger partial charge in [-0.2, -0.15) is 4.98 Å². The van der Waals surface area contributed by atoms with E-state index in [-0.39, 0.29) is 6.61 Å². The van der Waals surface area contributed by atoms with Crippen LogP contribution in [-0.2, 0) is 6.54 Å². The third-order valence-electron chi connectivity index (χ3n) is 4.88. The second-order valence-corrected chi connectivity index (χ2v) is 7.01. The summed E-state index contributed by atoms with van der Waals surface area (Å²) >= 11 is 0. The van der Waals surface area contributed by atoms with Crippen molar-refractivity contribution in [3.63, 3.8) is 0 Å². The van der Waals surface area contributed by atoms with Crippen LogP contribution in [0.4, 0.5) is 0 Å². The fourth-order valence-corrected chi connectivity index (χ4v) is 3.51. The molecule has 0 amide bonds. The third kappa shape index (κ3) is 4.20. The van der Waals surface area contributed by atoms with E-state index in [0.29, 0.717) is 24.2 Å². The summed E-state index contributed by atoms with van der Waals surface area (Å²) in [5.41, 5.74) is 2.76. The van der Waals surface area contributed by atoms with E-state index >= 15 is 0 Å². The molecule has 1 N–H and O–H groups in total. The zero-order valence-electron chi connectivity index (χ0n) is 15.4. The lowest BCUT2D eigenvalue weighted by Crippen LogP contribution is -2.36. The number of nitrogens with zero attached hydrogens (tertiary/aromatic N) is 5. The fourth-order valence-electron chi connectivity index (χ4n) is 3.51. The van der Waals surface area contributed by atoms with Crippen molar-refractivity contribution in [1.29, 1.82) is 0 Å². The molecule has 1 saturated heterocycles. The van der Waals surface area contributed by atoms with Crippen LogP contribution in [0, 0.1) is 12.8 Å². The van der Waals surface area contributed by atoms with Gasteiger partial charge in [-0.1, -0.05) is 23.4 Å². The maximum absolute atomic E-state index is 9.38. The lowest BCUT2D eigenvalue weighted by atomic mass is 9.99. The minimum absolute atomic E-state index is 0.237. The van der Waals surface area contributed by atoms with Crippen LogP contribution in [0.5, 0.6) is 0 Å². The van der Waals surface area contributed by atoms with E-state index in [4.69, 9.17) is 4.52 Å². The Morgan fingerprint density at radius 3 is 2.96 bits per heavy atom. The Morgan fingerprint density at radius 1 is 1.22 bits per heavy atom. The van der Waals surface area contributed by atoms with E-state index in [1.165, 1.54) is 0 Å². The summed E-state index contributed by atoms with van der Waals surface area (Å²) in [5.74, 6) is 2.26.